The normalized spacial score (nSPS) is 18.8. The van der Waals surface area contributed by atoms with Gasteiger partial charge in [-0.1, -0.05) is 29.5 Å². The fraction of sp³-hybridized carbons (Fsp3) is 0.395. The van der Waals surface area contributed by atoms with Crippen molar-refractivity contribution in [2.45, 2.75) is 27.7 Å². The van der Waals surface area contributed by atoms with E-state index < -0.39 is 6.97 Å². The lowest BCUT2D eigenvalue weighted by atomic mass is 9.83. The van der Waals surface area contributed by atoms with Crippen molar-refractivity contribution in [2.24, 2.45) is 0 Å². The maximum atomic E-state index is 16.1. The van der Waals surface area contributed by atoms with Crippen LogP contribution in [0.4, 0.5) is 14.3 Å². The molecular formula is C38H45BF2N6O5. The van der Waals surface area contributed by atoms with Crippen LogP contribution in [-0.4, -0.2) is 110 Å². The lowest BCUT2D eigenvalue weighted by molar-refractivity contribution is -0.363. The Morgan fingerprint density at radius 3 is 2.04 bits per heavy atom. The molecule has 5 heterocycles. The summed E-state index contributed by atoms with van der Waals surface area (Å²) in [6.45, 7) is 8.75. The summed E-state index contributed by atoms with van der Waals surface area (Å²) in [4.78, 5) is 2.18. The Morgan fingerprint density at radius 2 is 1.40 bits per heavy atom. The van der Waals surface area contributed by atoms with Crippen molar-refractivity contribution in [1.82, 2.24) is 19.5 Å². The van der Waals surface area contributed by atoms with Gasteiger partial charge in [0.15, 0.2) is 5.70 Å². The molecule has 3 aliphatic rings. The third-order valence-corrected chi connectivity index (χ3v) is 9.79. The maximum Gasteiger partial charge on any atom is 0.737 e. The topological polar surface area (TPSA) is 88.0 Å². The van der Waals surface area contributed by atoms with Crippen LogP contribution in [0.1, 0.15) is 36.4 Å². The SMILES string of the molecule is COc1cc(-n2cc(-c3ccc(C4=C5C(C)=CC(C)=[N+]5[B-](F)(F)n5c(C)cc(C)c54)cc3)nn2)ccc1N1CCOCCOCCOCCOCC1. The van der Waals surface area contributed by atoms with E-state index in [1.54, 1.807) is 25.6 Å². The van der Waals surface area contributed by atoms with Gasteiger partial charge in [-0.25, -0.2) is 4.68 Å². The van der Waals surface area contributed by atoms with Crippen molar-refractivity contribution in [2.75, 3.05) is 78.0 Å². The number of nitrogens with zero attached hydrogens (tertiary/aromatic N) is 6. The summed E-state index contributed by atoms with van der Waals surface area (Å²) >= 11 is 0. The molecule has 0 atom stereocenters. The molecule has 14 heteroatoms. The number of allylic oxidation sites excluding steroid dienone is 2. The van der Waals surface area contributed by atoms with Gasteiger partial charge in [0.05, 0.1) is 83.1 Å². The molecule has 2 aromatic carbocycles. The molecule has 1 saturated heterocycles. The summed E-state index contributed by atoms with van der Waals surface area (Å²) in [5.74, 6) is 0.686. The first-order chi connectivity index (χ1) is 25.2. The summed E-state index contributed by atoms with van der Waals surface area (Å²) in [6, 6.07) is 15.7. The molecular weight excluding hydrogens is 669 g/mol. The van der Waals surface area contributed by atoms with Crippen LogP contribution in [0.2, 0.25) is 0 Å². The van der Waals surface area contributed by atoms with Gasteiger partial charge in [-0.05, 0) is 55.8 Å². The Morgan fingerprint density at radius 1 is 0.788 bits per heavy atom. The molecule has 52 heavy (non-hydrogen) atoms. The average molecular weight is 715 g/mol. The standard InChI is InChI=1S/C38H45BF2N6O5/c1-26-22-28(3)46-37(26)36(38-27(2)23-29(4)47(38)39(46,40)41)31-8-6-30(7-9-31)33-25-45(43-42-33)32-10-11-34(35(24-32)48-5)44-12-14-49-16-18-51-20-21-52-19-17-50-15-13-44/h6-11,22-25H,12-21H2,1-5H3. The van der Waals surface area contributed by atoms with Crippen LogP contribution in [0.5, 0.6) is 5.75 Å². The minimum Gasteiger partial charge on any atom is -0.495 e. The van der Waals surface area contributed by atoms with Gasteiger partial charge >= 0.3 is 6.97 Å². The Bertz CT molecular complexity index is 2020. The Hall–Kier alpha value is -4.63. The van der Waals surface area contributed by atoms with Crippen LogP contribution in [0.25, 0.3) is 22.5 Å². The number of hydrogen-bond donors (Lipinski definition) is 0. The molecule has 274 valence electrons. The van der Waals surface area contributed by atoms with Gasteiger partial charge < -0.3 is 46.2 Å². The average Bonchev–Trinajstić information content (AvgIpc) is 3.83. The van der Waals surface area contributed by atoms with Crippen LogP contribution in [0.15, 0.2) is 72.1 Å². The molecule has 0 bridgehead atoms. The van der Waals surface area contributed by atoms with E-state index in [0.717, 1.165) is 39.2 Å². The first kappa shape index (κ1) is 35.8. The quantitative estimate of drug-likeness (QED) is 0.245. The molecule has 11 nitrogen and oxygen atoms in total. The minimum atomic E-state index is -4.03. The van der Waals surface area contributed by atoms with E-state index in [0.29, 0.717) is 100 Å². The molecule has 0 aliphatic carbocycles. The smallest absolute Gasteiger partial charge is 0.495 e. The molecule has 0 N–H and O–H groups in total. The number of aryl methyl sites for hydroxylation is 2. The number of ether oxygens (including phenoxy) is 5. The zero-order valence-corrected chi connectivity index (χ0v) is 30.4. The largest absolute Gasteiger partial charge is 0.737 e. The van der Waals surface area contributed by atoms with Gasteiger partial charge in [0, 0.05) is 49.0 Å². The third-order valence-electron chi connectivity index (χ3n) is 9.79. The molecule has 0 radical (unpaired) electrons. The van der Waals surface area contributed by atoms with Gasteiger partial charge in [-0.3, -0.25) is 0 Å². The van der Waals surface area contributed by atoms with E-state index >= 15 is 8.63 Å². The number of benzene rings is 2. The summed E-state index contributed by atoms with van der Waals surface area (Å²) in [5.41, 5.74) is 8.73. The second kappa shape index (κ2) is 15.2. The molecule has 3 aliphatic heterocycles. The number of fused-ring (bicyclic) bond motifs is 2. The summed E-state index contributed by atoms with van der Waals surface area (Å²) < 4.78 is 64.9. The van der Waals surface area contributed by atoms with E-state index in [1.807, 2.05) is 74.7 Å². The fourth-order valence-electron chi connectivity index (χ4n) is 7.44. The van der Waals surface area contributed by atoms with Gasteiger partial charge in [-0.2, -0.15) is 0 Å². The van der Waals surface area contributed by atoms with Crippen LogP contribution in [0, 0.1) is 13.8 Å². The predicted octanol–water partition coefficient (Wildman–Crippen LogP) is 5.68. The zero-order chi connectivity index (χ0) is 36.4. The summed E-state index contributed by atoms with van der Waals surface area (Å²) in [5, 5.41) is 8.91. The number of hydrogen-bond acceptors (Lipinski definition) is 8. The number of anilines is 1. The van der Waals surface area contributed by atoms with E-state index in [2.05, 4.69) is 15.2 Å². The van der Waals surface area contributed by atoms with Crippen LogP contribution < -0.4 is 9.64 Å². The lowest BCUT2D eigenvalue weighted by Gasteiger charge is -2.34. The molecule has 1 fully saturated rings. The minimum absolute atomic E-state index is 0.512. The van der Waals surface area contributed by atoms with Crippen LogP contribution >= 0.6 is 0 Å². The van der Waals surface area contributed by atoms with E-state index in [9.17, 15) is 0 Å². The lowest BCUT2D eigenvalue weighted by Crippen LogP contribution is -2.51. The van der Waals surface area contributed by atoms with E-state index in [1.165, 1.54) is 8.96 Å². The second-order valence-electron chi connectivity index (χ2n) is 13.3. The Labute approximate surface area is 302 Å². The van der Waals surface area contributed by atoms with Gasteiger partial charge in [0.25, 0.3) is 0 Å². The van der Waals surface area contributed by atoms with Gasteiger partial charge in [-0.15, -0.1) is 5.10 Å². The Kier molecular flexibility index (Phi) is 10.4. The van der Waals surface area contributed by atoms with Crippen molar-refractivity contribution in [3.8, 4) is 22.7 Å². The van der Waals surface area contributed by atoms with Crippen LogP contribution in [0.3, 0.4) is 0 Å². The fourth-order valence-corrected chi connectivity index (χ4v) is 7.44. The molecule has 0 spiro atoms. The first-order valence-electron chi connectivity index (χ1n) is 17.7. The van der Waals surface area contributed by atoms with Crippen molar-refractivity contribution in [1.29, 1.82) is 0 Å². The Balaban J connectivity index is 1.13. The van der Waals surface area contributed by atoms with Crippen molar-refractivity contribution in [3.05, 3.63) is 94.6 Å². The van der Waals surface area contributed by atoms with E-state index in [4.69, 9.17) is 23.7 Å². The summed E-state index contributed by atoms with van der Waals surface area (Å²) in [6.07, 6.45) is 3.71. The van der Waals surface area contributed by atoms with Crippen molar-refractivity contribution in [3.63, 3.8) is 0 Å². The van der Waals surface area contributed by atoms with Gasteiger partial charge in [0.1, 0.15) is 17.2 Å². The molecule has 4 aromatic rings. The molecule has 7 rings (SSSR count). The highest BCUT2D eigenvalue weighted by Crippen LogP contribution is 2.44. The van der Waals surface area contributed by atoms with Crippen molar-refractivity contribution >= 4 is 23.9 Å². The number of halogens is 2. The van der Waals surface area contributed by atoms with Crippen LogP contribution in [-0.2, 0) is 18.9 Å². The highest BCUT2D eigenvalue weighted by atomic mass is 19.2. The molecule has 0 amide bonds. The second-order valence-corrected chi connectivity index (χ2v) is 13.3. The van der Waals surface area contributed by atoms with Crippen molar-refractivity contribution < 1.29 is 36.8 Å². The van der Waals surface area contributed by atoms with E-state index in [-0.39, 0.29) is 0 Å². The first-order valence-corrected chi connectivity index (χ1v) is 17.7. The molecule has 0 saturated carbocycles. The highest BCUT2D eigenvalue weighted by molar-refractivity contribution is 6.58. The third kappa shape index (κ3) is 6.83. The predicted molar refractivity (Wildman–Crippen MR) is 197 cm³/mol. The number of methoxy groups -OCH3 is 1. The zero-order valence-electron chi connectivity index (χ0n) is 30.4. The maximum absolute atomic E-state index is 16.1. The molecule has 0 unspecified atom stereocenters. The van der Waals surface area contributed by atoms with Gasteiger partial charge in [0.2, 0.25) is 0 Å². The number of aromatic nitrogens is 4. The monoisotopic (exact) mass is 714 g/mol. The summed E-state index contributed by atoms with van der Waals surface area (Å²) in [7, 11) is 1.65. The number of rotatable bonds is 5. The highest BCUT2D eigenvalue weighted by Gasteiger charge is 2.55. The molecule has 2 aromatic heterocycles.